The number of allylic oxidation sites excluding steroid dienone is 2. The van der Waals surface area contributed by atoms with Gasteiger partial charge in [0.05, 0.1) is 22.6 Å². The molecule has 0 aromatic heterocycles. The fraction of sp³-hybridized carbons (Fsp3) is 0.735. The van der Waals surface area contributed by atoms with Crippen molar-refractivity contribution in [2.75, 3.05) is 18.4 Å². The molecule has 9 atom stereocenters. The van der Waals surface area contributed by atoms with Crippen molar-refractivity contribution in [1.82, 2.24) is 15.5 Å². The Morgan fingerprint density at radius 1 is 0.831 bits per heavy atom. The van der Waals surface area contributed by atoms with Crippen LogP contribution >= 0.6 is 0 Å². The molecule has 10 nitrogen and oxygen atoms in total. The minimum atomic E-state index is -0.988. The summed E-state index contributed by atoms with van der Waals surface area (Å²) in [6, 6.07) is 4.15. The number of carbonyl (C=O) groups is 5. The molecule has 1 unspecified atom stereocenters. The summed E-state index contributed by atoms with van der Waals surface area (Å²) in [4.78, 5) is 66.4. The largest absolute Gasteiger partial charge is 0.393 e. The van der Waals surface area contributed by atoms with E-state index < -0.39 is 29.7 Å². The highest BCUT2D eigenvalue weighted by molar-refractivity contribution is 6.25. The molecule has 1 aromatic rings. The molecule has 5 amide bonds. The summed E-state index contributed by atoms with van der Waals surface area (Å²) in [6.07, 6.45) is 16.9. The summed E-state index contributed by atoms with van der Waals surface area (Å²) < 4.78 is 0. The molecule has 1 saturated heterocycles. The summed E-state index contributed by atoms with van der Waals surface area (Å²) in [7, 11) is 0. The first-order chi connectivity index (χ1) is 27.8. The van der Waals surface area contributed by atoms with Gasteiger partial charge in [-0.25, -0.2) is 0 Å². The molecule has 2 heterocycles. The minimum absolute atomic E-state index is 0.0651. The van der Waals surface area contributed by atoms with E-state index in [1.54, 1.807) is 23.8 Å². The number of benzene rings is 1. The van der Waals surface area contributed by atoms with Gasteiger partial charge in [-0.3, -0.25) is 34.2 Å². The van der Waals surface area contributed by atoms with Crippen molar-refractivity contribution in [3.8, 4) is 0 Å². The first kappa shape index (κ1) is 42.2. The molecular formula is C49H70N4O6. The van der Waals surface area contributed by atoms with Gasteiger partial charge in [-0.05, 0) is 140 Å². The average molecular weight is 811 g/mol. The molecule has 4 N–H and O–H groups in total. The lowest BCUT2D eigenvalue weighted by molar-refractivity contribution is -0.203. The number of amides is 5. The highest BCUT2D eigenvalue weighted by atomic mass is 16.3. The van der Waals surface area contributed by atoms with Crippen molar-refractivity contribution in [2.45, 2.75) is 163 Å². The Hall–Kier alpha value is -3.53. The van der Waals surface area contributed by atoms with Crippen LogP contribution in [0.25, 0.3) is 0 Å². The maximum absolute atomic E-state index is 14.6. The Morgan fingerprint density at radius 3 is 2.31 bits per heavy atom. The van der Waals surface area contributed by atoms with E-state index in [9.17, 15) is 29.1 Å². The first-order valence-electron chi connectivity index (χ1n) is 23.1. The topological polar surface area (TPSA) is 145 Å². The van der Waals surface area contributed by atoms with Crippen LogP contribution in [0.5, 0.6) is 0 Å². The third kappa shape index (κ3) is 6.54. The number of nitrogens with one attached hydrogen (secondary N) is 3. The van der Waals surface area contributed by atoms with Crippen LogP contribution in [-0.4, -0.2) is 64.8 Å². The zero-order valence-corrected chi connectivity index (χ0v) is 36.9. The summed E-state index contributed by atoms with van der Waals surface area (Å²) in [5.74, 6) is -0.384. The van der Waals surface area contributed by atoms with E-state index in [2.05, 4.69) is 70.5 Å². The molecule has 4 saturated carbocycles. The highest BCUT2D eigenvalue weighted by Gasteiger charge is 2.69. The van der Waals surface area contributed by atoms with Crippen molar-refractivity contribution in [3.05, 3.63) is 41.0 Å². The molecule has 8 rings (SSSR count). The number of aliphatic hydroxyl groups excluding tert-OH is 1. The number of rotatable bonds is 10. The van der Waals surface area contributed by atoms with Crippen LogP contribution < -0.4 is 16.0 Å². The molecule has 10 heteroatoms. The van der Waals surface area contributed by atoms with E-state index in [-0.39, 0.29) is 74.4 Å². The Labute approximate surface area is 351 Å². The number of carbonyl (C=O) groups excluding carboxylic acids is 5. The normalized spacial score (nSPS) is 38.2. The van der Waals surface area contributed by atoms with Crippen LogP contribution in [0.3, 0.4) is 0 Å². The summed E-state index contributed by atoms with van der Waals surface area (Å²) in [5, 5.41) is 20.2. The van der Waals surface area contributed by atoms with Gasteiger partial charge in [-0.15, -0.1) is 0 Å². The quantitative estimate of drug-likeness (QED) is 0.106. The number of imide groups is 2. The van der Waals surface area contributed by atoms with Crippen LogP contribution in [0.1, 0.15) is 172 Å². The molecular weight excluding hydrogens is 741 g/mol. The fourth-order valence-electron chi connectivity index (χ4n) is 14.5. The molecule has 1 aromatic carbocycles. The SMILES string of the molecule is CC1(C)CC[C@]2(C(=O)NCCCCCCNc3cccc4c3C(=O)N(C3CCC(=O)NC3=O)C4=O)CC[C@]3(C)C(=CC[C@@H]4[C@@]5(C)CC[C@H](O)C(C)(C)[C@@H]5CC[C@]43C)[C@@H]2C1. The van der Waals surface area contributed by atoms with Crippen molar-refractivity contribution in [2.24, 2.45) is 50.2 Å². The number of hydrogen-bond donors (Lipinski definition) is 4. The first-order valence-corrected chi connectivity index (χ1v) is 23.1. The molecule has 0 bridgehead atoms. The van der Waals surface area contributed by atoms with Crippen LogP contribution in [-0.2, 0) is 14.4 Å². The molecule has 7 aliphatic rings. The molecule has 0 radical (unpaired) electrons. The van der Waals surface area contributed by atoms with Crippen molar-refractivity contribution < 1.29 is 29.1 Å². The zero-order valence-electron chi connectivity index (χ0n) is 36.9. The van der Waals surface area contributed by atoms with Gasteiger partial charge in [0, 0.05) is 25.2 Å². The van der Waals surface area contributed by atoms with E-state index >= 15 is 0 Å². The second-order valence-corrected chi connectivity index (χ2v) is 22.0. The van der Waals surface area contributed by atoms with E-state index in [1.807, 2.05) is 0 Å². The third-order valence-electron chi connectivity index (χ3n) is 18.2. The number of anilines is 1. The maximum Gasteiger partial charge on any atom is 0.264 e. The Bertz CT molecular complexity index is 1950. The van der Waals surface area contributed by atoms with Gasteiger partial charge in [0.2, 0.25) is 17.7 Å². The summed E-state index contributed by atoms with van der Waals surface area (Å²) >= 11 is 0. The van der Waals surface area contributed by atoms with Gasteiger partial charge in [0.1, 0.15) is 6.04 Å². The Morgan fingerprint density at radius 2 is 1.56 bits per heavy atom. The number of nitrogens with zero attached hydrogens (tertiary/aromatic N) is 1. The highest BCUT2D eigenvalue weighted by Crippen LogP contribution is 2.75. The molecule has 5 fully saturated rings. The smallest absolute Gasteiger partial charge is 0.264 e. The van der Waals surface area contributed by atoms with Gasteiger partial charge in [0.15, 0.2) is 0 Å². The van der Waals surface area contributed by atoms with Gasteiger partial charge in [-0.1, -0.05) is 79.0 Å². The van der Waals surface area contributed by atoms with Gasteiger partial charge in [-0.2, -0.15) is 0 Å². The minimum Gasteiger partial charge on any atom is -0.393 e. The number of piperidine rings is 1. The van der Waals surface area contributed by atoms with E-state index in [4.69, 9.17) is 0 Å². The molecule has 0 spiro atoms. The van der Waals surface area contributed by atoms with E-state index in [0.29, 0.717) is 30.6 Å². The lowest BCUT2D eigenvalue weighted by Gasteiger charge is -2.71. The van der Waals surface area contributed by atoms with Crippen LogP contribution in [0.15, 0.2) is 29.8 Å². The zero-order chi connectivity index (χ0) is 42.3. The van der Waals surface area contributed by atoms with Crippen molar-refractivity contribution in [1.29, 1.82) is 0 Å². The lowest BCUT2D eigenvalue weighted by Crippen LogP contribution is -2.65. The number of aliphatic hydroxyl groups is 1. The number of hydrogen-bond acceptors (Lipinski definition) is 7. The van der Waals surface area contributed by atoms with Crippen molar-refractivity contribution >= 4 is 35.2 Å². The monoisotopic (exact) mass is 811 g/mol. The van der Waals surface area contributed by atoms with Gasteiger partial charge < -0.3 is 15.7 Å². The predicted octanol–water partition coefficient (Wildman–Crippen LogP) is 8.34. The number of fused-ring (bicyclic) bond motifs is 8. The van der Waals surface area contributed by atoms with E-state index in [0.717, 1.165) is 81.9 Å². The Kier molecular flexibility index (Phi) is 10.6. The second kappa shape index (κ2) is 14.8. The lowest BCUT2D eigenvalue weighted by atomic mass is 9.33. The van der Waals surface area contributed by atoms with Gasteiger partial charge in [0.25, 0.3) is 11.8 Å². The average Bonchev–Trinajstić information content (AvgIpc) is 3.43. The molecule has 5 aliphatic carbocycles. The fourth-order valence-corrected chi connectivity index (χ4v) is 14.5. The molecule has 2 aliphatic heterocycles. The molecule has 322 valence electrons. The Balaban J connectivity index is 0.870. The number of unbranched alkanes of at least 4 members (excludes halogenated alkanes) is 3. The third-order valence-corrected chi connectivity index (χ3v) is 18.2. The summed E-state index contributed by atoms with van der Waals surface area (Å²) in [6.45, 7) is 18.5. The van der Waals surface area contributed by atoms with Crippen LogP contribution in [0.4, 0.5) is 5.69 Å². The maximum atomic E-state index is 14.6. The van der Waals surface area contributed by atoms with Crippen LogP contribution in [0, 0.1) is 50.2 Å². The summed E-state index contributed by atoms with van der Waals surface area (Å²) in [5.41, 5.74) is 2.94. The van der Waals surface area contributed by atoms with Crippen LogP contribution in [0.2, 0.25) is 0 Å². The van der Waals surface area contributed by atoms with Gasteiger partial charge >= 0.3 is 0 Å². The van der Waals surface area contributed by atoms with E-state index in [1.165, 1.54) is 12.8 Å². The predicted molar refractivity (Wildman–Crippen MR) is 228 cm³/mol. The molecule has 59 heavy (non-hydrogen) atoms. The second-order valence-electron chi connectivity index (χ2n) is 22.0. The standard InChI is InChI=1S/C49H70N4O6/c1-44(2)23-25-49(26-24-47(6)31(32(49)29-44)15-17-36-46(5)21-20-37(54)45(3,4)35(46)19-22-48(36,47)7)43(59)51-28-11-9-8-10-27-50-33-14-12-13-30-39(33)42(58)53(41(30)57)34-16-18-38(55)52-40(34)56/h12-15,32,34-37,50,54H,8-11,16-29H2,1-7H3,(H,51,59)(H,52,55,56)/t32-,34?,35-,36+,37-,46-,47+,48+,49-/m0/s1. The van der Waals surface area contributed by atoms with Crippen molar-refractivity contribution in [3.63, 3.8) is 0 Å².